The van der Waals surface area contributed by atoms with E-state index in [4.69, 9.17) is 0 Å². The Bertz CT molecular complexity index is 963. The van der Waals surface area contributed by atoms with Crippen molar-refractivity contribution in [1.82, 2.24) is 9.88 Å². The molecule has 2 aliphatic rings. The summed E-state index contributed by atoms with van der Waals surface area (Å²) >= 11 is 0. The van der Waals surface area contributed by atoms with Crippen molar-refractivity contribution in [2.45, 2.75) is 50.1 Å². The molecule has 1 N–H and O–H groups in total. The molecule has 0 spiro atoms. The second kappa shape index (κ2) is 6.52. The summed E-state index contributed by atoms with van der Waals surface area (Å²) in [7, 11) is 0. The summed E-state index contributed by atoms with van der Waals surface area (Å²) in [6, 6.07) is 15.7. The van der Waals surface area contributed by atoms with Gasteiger partial charge in [0.1, 0.15) is 5.82 Å². The van der Waals surface area contributed by atoms with Gasteiger partial charge in [0.05, 0.1) is 6.42 Å². The van der Waals surface area contributed by atoms with Crippen molar-refractivity contribution < 1.29 is 9.18 Å². The summed E-state index contributed by atoms with van der Waals surface area (Å²) in [5, 5.41) is 1.14. The Labute approximate surface area is 158 Å². The number of piperidine rings is 1. The Morgan fingerprint density at radius 2 is 1.74 bits per heavy atom. The Hall–Kier alpha value is -2.62. The van der Waals surface area contributed by atoms with Crippen LogP contribution in [-0.4, -0.2) is 27.9 Å². The first-order valence-electron chi connectivity index (χ1n) is 9.80. The van der Waals surface area contributed by atoms with E-state index in [0.717, 1.165) is 42.1 Å². The molecule has 1 amide bonds. The van der Waals surface area contributed by atoms with Crippen LogP contribution in [0.5, 0.6) is 0 Å². The number of rotatable bonds is 3. The summed E-state index contributed by atoms with van der Waals surface area (Å²) < 4.78 is 13.2. The molecule has 0 radical (unpaired) electrons. The molecule has 3 aromatic rings. The lowest BCUT2D eigenvalue weighted by atomic mass is 9.85. The van der Waals surface area contributed by atoms with Gasteiger partial charge in [-0.3, -0.25) is 4.79 Å². The van der Waals surface area contributed by atoms with Crippen molar-refractivity contribution in [3.8, 4) is 0 Å². The van der Waals surface area contributed by atoms with Gasteiger partial charge in [0.2, 0.25) is 5.91 Å². The van der Waals surface area contributed by atoms with E-state index in [2.05, 4.69) is 16.0 Å². The van der Waals surface area contributed by atoms with E-state index >= 15 is 0 Å². The monoisotopic (exact) mass is 362 g/mol. The van der Waals surface area contributed by atoms with E-state index in [-0.39, 0.29) is 11.7 Å². The number of nitrogens with zero attached hydrogens (tertiary/aromatic N) is 1. The number of aromatic amines is 1. The maximum atomic E-state index is 13.2. The first-order chi connectivity index (χ1) is 13.2. The summed E-state index contributed by atoms with van der Waals surface area (Å²) in [5.74, 6) is 0.484. The molecule has 2 unspecified atom stereocenters. The average Bonchev–Trinajstić information content (AvgIpc) is 3.20. The van der Waals surface area contributed by atoms with Crippen molar-refractivity contribution in [2.75, 3.05) is 0 Å². The summed E-state index contributed by atoms with van der Waals surface area (Å²) in [5.41, 5.74) is 3.37. The Kier molecular flexibility index (Phi) is 4.00. The van der Waals surface area contributed by atoms with Crippen LogP contribution in [0.4, 0.5) is 4.39 Å². The van der Waals surface area contributed by atoms with Gasteiger partial charge in [0.15, 0.2) is 0 Å². The smallest absolute Gasteiger partial charge is 0.227 e. The van der Waals surface area contributed by atoms with E-state index < -0.39 is 0 Å². The number of fused-ring (bicyclic) bond motifs is 3. The zero-order chi connectivity index (χ0) is 18.4. The Morgan fingerprint density at radius 1 is 1.04 bits per heavy atom. The van der Waals surface area contributed by atoms with E-state index in [9.17, 15) is 9.18 Å². The highest BCUT2D eigenvalue weighted by Crippen LogP contribution is 2.43. The molecule has 2 aliphatic heterocycles. The number of hydrogen-bond donors (Lipinski definition) is 1. The molecule has 4 heteroatoms. The van der Waals surface area contributed by atoms with E-state index in [1.54, 1.807) is 12.1 Å². The van der Waals surface area contributed by atoms with Crippen LogP contribution >= 0.6 is 0 Å². The first kappa shape index (κ1) is 16.5. The van der Waals surface area contributed by atoms with Gasteiger partial charge in [-0.2, -0.15) is 0 Å². The van der Waals surface area contributed by atoms with E-state index in [1.165, 1.54) is 5.56 Å². The number of H-pyrrole nitrogens is 1. The SMILES string of the molecule is O=C(Cc1c[nH]c2ccccc12)N1C2CCC1CC(c1ccc(F)cc1)C2. The number of para-hydroxylation sites is 1. The standard InChI is InChI=1S/C23H23FN2O/c24-18-7-5-15(6-8-18)16-11-19-9-10-20(12-16)26(19)23(27)13-17-14-25-22-4-2-1-3-21(17)22/h1-8,14,16,19-20,25H,9-13H2. The normalized spacial score (nSPS) is 24.5. The number of carbonyl (C=O) groups excluding carboxylic acids is 1. The molecule has 3 nitrogen and oxygen atoms in total. The van der Waals surface area contributed by atoms with Crippen molar-refractivity contribution in [3.63, 3.8) is 0 Å². The fraction of sp³-hybridized carbons (Fsp3) is 0.348. The van der Waals surface area contributed by atoms with Gasteiger partial charge in [-0.1, -0.05) is 30.3 Å². The zero-order valence-corrected chi connectivity index (χ0v) is 15.2. The van der Waals surface area contributed by atoms with Crippen LogP contribution in [0.15, 0.2) is 54.7 Å². The van der Waals surface area contributed by atoms with Crippen molar-refractivity contribution in [1.29, 1.82) is 0 Å². The van der Waals surface area contributed by atoms with Crippen molar-refractivity contribution >= 4 is 16.8 Å². The van der Waals surface area contributed by atoms with Crippen LogP contribution in [0.1, 0.15) is 42.7 Å². The van der Waals surface area contributed by atoms with E-state index in [1.807, 2.05) is 36.5 Å². The Morgan fingerprint density at radius 3 is 2.48 bits per heavy atom. The third-order valence-corrected chi connectivity index (χ3v) is 6.38. The van der Waals surface area contributed by atoms with Crippen LogP contribution in [0.3, 0.4) is 0 Å². The fourth-order valence-electron chi connectivity index (χ4n) is 5.12. The second-order valence-electron chi connectivity index (χ2n) is 7.94. The van der Waals surface area contributed by atoms with Crippen molar-refractivity contribution in [2.24, 2.45) is 0 Å². The van der Waals surface area contributed by atoms with Crippen LogP contribution in [0.25, 0.3) is 10.9 Å². The molecular formula is C23H23FN2O. The molecule has 5 rings (SSSR count). The Balaban J connectivity index is 1.33. The minimum atomic E-state index is -0.187. The second-order valence-corrected chi connectivity index (χ2v) is 7.94. The third kappa shape index (κ3) is 2.93. The number of nitrogens with one attached hydrogen (secondary N) is 1. The van der Waals surface area contributed by atoms with Crippen LogP contribution < -0.4 is 0 Å². The van der Waals surface area contributed by atoms with Crippen LogP contribution in [0.2, 0.25) is 0 Å². The lowest BCUT2D eigenvalue weighted by Crippen LogP contribution is -2.46. The van der Waals surface area contributed by atoms with Gasteiger partial charge in [-0.05, 0) is 60.9 Å². The largest absolute Gasteiger partial charge is 0.361 e. The lowest BCUT2D eigenvalue weighted by Gasteiger charge is -2.39. The number of aromatic nitrogens is 1. The molecule has 0 saturated carbocycles. The molecule has 2 atom stereocenters. The minimum absolute atomic E-state index is 0.187. The first-order valence-corrected chi connectivity index (χ1v) is 9.80. The highest BCUT2D eigenvalue weighted by molar-refractivity contribution is 5.89. The fourth-order valence-corrected chi connectivity index (χ4v) is 5.12. The summed E-state index contributed by atoms with van der Waals surface area (Å²) in [6.07, 6.45) is 6.57. The predicted octanol–water partition coefficient (Wildman–Crippen LogP) is 4.79. The van der Waals surface area contributed by atoms with Gasteiger partial charge in [-0.15, -0.1) is 0 Å². The van der Waals surface area contributed by atoms with Crippen LogP contribution in [0, 0.1) is 5.82 Å². The van der Waals surface area contributed by atoms with Gasteiger partial charge in [0, 0.05) is 29.2 Å². The molecule has 0 aliphatic carbocycles. The van der Waals surface area contributed by atoms with Gasteiger partial charge >= 0.3 is 0 Å². The third-order valence-electron chi connectivity index (χ3n) is 6.38. The highest BCUT2D eigenvalue weighted by atomic mass is 19.1. The minimum Gasteiger partial charge on any atom is -0.361 e. The molecule has 2 aromatic carbocycles. The van der Waals surface area contributed by atoms with E-state index in [0.29, 0.717) is 24.4 Å². The van der Waals surface area contributed by atoms with Gasteiger partial charge in [-0.25, -0.2) is 4.39 Å². The molecule has 2 bridgehead atoms. The number of benzene rings is 2. The summed E-state index contributed by atoms with van der Waals surface area (Å²) in [6.45, 7) is 0. The maximum Gasteiger partial charge on any atom is 0.227 e. The number of hydrogen-bond acceptors (Lipinski definition) is 1. The highest BCUT2D eigenvalue weighted by Gasteiger charge is 2.43. The molecule has 2 saturated heterocycles. The molecule has 27 heavy (non-hydrogen) atoms. The van der Waals surface area contributed by atoms with Crippen molar-refractivity contribution in [3.05, 3.63) is 71.7 Å². The number of halogens is 1. The number of carbonyl (C=O) groups is 1. The number of amides is 1. The van der Waals surface area contributed by atoms with Crippen LogP contribution in [-0.2, 0) is 11.2 Å². The molecule has 138 valence electrons. The quantitative estimate of drug-likeness (QED) is 0.715. The average molecular weight is 362 g/mol. The molecule has 1 aromatic heterocycles. The topological polar surface area (TPSA) is 36.1 Å². The molecule has 3 heterocycles. The maximum absolute atomic E-state index is 13.2. The van der Waals surface area contributed by atoms with Gasteiger partial charge < -0.3 is 9.88 Å². The predicted molar refractivity (Wildman–Crippen MR) is 104 cm³/mol. The molecular weight excluding hydrogens is 339 g/mol. The van der Waals surface area contributed by atoms with Gasteiger partial charge in [0.25, 0.3) is 0 Å². The molecule has 2 fully saturated rings. The zero-order valence-electron chi connectivity index (χ0n) is 15.2. The lowest BCUT2D eigenvalue weighted by molar-refractivity contribution is -0.135. The summed E-state index contributed by atoms with van der Waals surface area (Å²) in [4.78, 5) is 18.5.